The lowest BCUT2D eigenvalue weighted by Gasteiger charge is -2.05. The number of nitrogens with one attached hydrogen (secondary N) is 2. The molecule has 0 aliphatic rings. The largest absolute Gasteiger partial charge is 0.346 e. The van der Waals surface area contributed by atoms with Gasteiger partial charge in [0, 0.05) is 29.9 Å². The van der Waals surface area contributed by atoms with Gasteiger partial charge in [0.15, 0.2) is 0 Å². The highest BCUT2D eigenvalue weighted by Crippen LogP contribution is 2.17. The van der Waals surface area contributed by atoms with Crippen molar-refractivity contribution < 1.29 is 4.39 Å². The highest BCUT2D eigenvalue weighted by Gasteiger charge is 2.06. The summed E-state index contributed by atoms with van der Waals surface area (Å²) in [5.41, 5.74) is 3.09. The number of nitriles is 1. The summed E-state index contributed by atoms with van der Waals surface area (Å²) in [6.07, 6.45) is 4.24. The number of halogens is 1. The molecule has 0 aliphatic carbocycles. The van der Waals surface area contributed by atoms with Crippen molar-refractivity contribution in [2.24, 2.45) is 0 Å². The number of rotatable bonds is 5. The number of fused-ring (bicyclic) bond motifs is 1. The maximum absolute atomic E-state index is 13.5. The zero-order valence-electron chi connectivity index (χ0n) is 11.9. The summed E-state index contributed by atoms with van der Waals surface area (Å²) in [5, 5.41) is 13.1. The average Bonchev–Trinajstić information content (AvgIpc) is 2.95. The number of aromatic nitrogens is 2. The Balaban J connectivity index is 1.62. The van der Waals surface area contributed by atoms with Gasteiger partial charge in [-0.2, -0.15) is 5.26 Å². The van der Waals surface area contributed by atoms with Gasteiger partial charge in [0.25, 0.3) is 0 Å². The molecule has 4 nitrogen and oxygen atoms in total. The van der Waals surface area contributed by atoms with Gasteiger partial charge in [0.1, 0.15) is 17.5 Å². The van der Waals surface area contributed by atoms with Crippen LogP contribution in [0.25, 0.3) is 11.0 Å². The van der Waals surface area contributed by atoms with E-state index in [9.17, 15) is 4.39 Å². The first-order valence-electron chi connectivity index (χ1n) is 7.08. The SMILES string of the molecule is N#Cc1cnc2[nH]cc(CCNCc3ccccc3F)c2c1. The van der Waals surface area contributed by atoms with Crippen LogP contribution in [0.1, 0.15) is 16.7 Å². The number of aromatic amines is 1. The quantitative estimate of drug-likeness (QED) is 0.711. The Labute approximate surface area is 127 Å². The van der Waals surface area contributed by atoms with Crippen molar-refractivity contribution >= 4 is 11.0 Å². The molecule has 0 bridgehead atoms. The van der Waals surface area contributed by atoms with E-state index in [1.165, 1.54) is 6.07 Å². The van der Waals surface area contributed by atoms with Crippen molar-refractivity contribution in [3.63, 3.8) is 0 Å². The summed E-state index contributed by atoms with van der Waals surface area (Å²) < 4.78 is 13.5. The lowest BCUT2D eigenvalue weighted by molar-refractivity contribution is 0.588. The molecular weight excluding hydrogens is 279 g/mol. The fourth-order valence-corrected chi connectivity index (χ4v) is 2.41. The van der Waals surface area contributed by atoms with Crippen molar-refractivity contribution in [3.8, 4) is 6.07 Å². The molecule has 0 radical (unpaired) electrons. The van der Waals surface area contributed by atoms with E-state index in [-0.39, 0.29) is 5.82 Å². The van der Waals surface area contributed by atoms with Gasteiger partial charge in [-0.3, -0.25) is 0 Å². The highest BCUT2D eigenvalue weighted by molar-refractivity contribution is 5.80. The van der Waals surface area contributed by atoms with Crippen molar-refractivity contribution in [1.82, 2.24) is 15.3 Å². The standard InChI is InChI=1S/C17H15FN4/c18-16-4-2-1-3-14(16)10-20-6-5-13-11-22-17-15(13)7-12(8-19)9-21-17/h1-4,7,9,11,20H,5-6,10H2,(H,21,22). The highest BCUT2D eigenvalue weighted by atomic mass is 19.1. The van der Waals surface area contributed by atoms with Crippen LogP contribution in [0.3, 0.4) is 0 Å². The maximum atomic E-state index is 13.5. The molecule has 0 amide bonds. The van der Waals surface area contributed by atoms with Crippen LogP contribution in [0, 0.1) is 17.1 Å². The second-order valence-corrected chi connectivity index (χ2v) is 5.06. The second-order valence-electron chi connectivity index (χ2n) is 5.06. The molecule has 0 atom stereocenters. The predicted octanol–water partition coefficient (Wildman–Crippen LogP) is 2.91. The Bertz CT molecular complexity index is 832. The maximum Gasteiger partial charge on any atom is 0.137 e. The number of hydrogen-bond acceptors (Lipinski definition) is 3. The van der Waals surface area contributed by atoms with Crippen LogP contribution in [0.4, 0.5) is 4.39 Å². The smallest absolute Gasteiger partial charge is 0.137 e. The number of H-pyrrole nitrogens is 1. The van der Waals surface area contributed by atoms with E-state index in [2.05, 4.69) is 21.4 Å². The van der Waals surface area contributed by atoms with E-state index >= 15 is 0 Å². The first-order valence-corrected chi connectivity index (χ1v) is 7.08. The molecule has 0 saturated carbocycles. The molecule has 5 heteroatoms. The minimum absolute atomic E-state index is 0.190. The molecule has 0 saturated heterocycles. The number of pyridine rings is 1. The molecule has 3 aromatic rings. The van der Waals surface area contributed by atoms with Gasteiger partial charge < -0.3 is 10.3 Å². The lowest BCUT2D eigenvalue weighted by Crippen LogP contribution is -2.17. The van der Waals surface area contributed by atoms with Gasteiger partial charge in [-0.25, -0.2) is 9.37 Å². The minimum atomic E-state index is -0.190. The topological polar surface area (TPSA) is 64.5 Å². The van der Waals surface area contributed by atoms with Crippen LogP contribution in [0.5, 0.6) is 0 Å². The third-order valence-electron chi connectivity index (χ3n) is 3.59. The van der Waals surface area contributed by atoms with Crippen LogP contribution in [-0.4, -0.2) is 16.5 Å². The molecule has 110 valence electrons. The van der Waals surface area contributed by atoms with Crippen LogP contribution in [0.15, 0.2) is 42.7 Å². The van der Waals surface area contributed by atoms with E-state index < -0.39 is 0 Å². The van der Waals surface area contributed by atoms with Gasteiger partial charge >= 0.3 is 0 Å². The zero-order valence-corrected chi connectivity index (χ0v) is 11.9. The van der Waals surface area contributed by atoms with E-state index in [1.54, 1.807) is 18.3 Å². The predicted molar refractivity (Wildman–Crippen MR) is 82.6 cm³/mol. The van der Waals surface area contributed by atoms with Gasteiger partial charge in [-0.05, 0) is 30.7 Å². The third-order valence-corrected chi connectivity index (χ3v) is 3.59. The van der Waals surface area contributed by atoms with Gasteiger partial charge in [-0.1, -0.05) is 18.2 Å². The van der Waals surface area contributed by atoms with E-state index in [0.717, 1.165) is 29.6 Å². The first-order chi connectivity index (χ1) is 10.8. The Morgan fingerprint density at radius 2 is 2.14 bits per heavy atom. The van der Waals surface area contributed by atoms with Crippen LogP contribution in [0.2, 0.25) is 0 Å². The normalized spacial score (nSPS) is 10.7. The fourth-order valence-electron chi connectivity index (χ4n) is 2.41. The molecular formula is C17H15FN4. The van der Waals surface area contributed by atoms with Crippen LogP contribution >= 0.6 is 0 Å². The van der Waals surface area contributed by atoms with Gasteiger partial charge in [0.2, 0.25) is 0 Å². The summed E-state index contributed by atoms with van der Waals surface area (Å²) in [5.74, 6) is -0.190. The van der Waals surface area contributed by atoms with Crippen molar-refractivity contribution in [1.29, 1.82) is 5.26 Å². The molecule has 2 heterocycles. The summed E-state index contributed by atoms with van der Waals surface area (Å²) >= 11 is 0. The monoisotopic (exact) mass is 294 g/mol. The Hall–Kier alpha value is -2.71. The van der Waals surface area contributed by atoms with Gasteiger partial charge in [-0.15, -0.1) is 0 Å². The molecule has 0 unspecified atom stereocenters. The average molecular weight is 294 g/mol. The summed E-state index contributed by atoms with van der Waals surface area (Å²) in [7, 11) is 0. The first kappa shape index (κ1) is 14.2. The lowest BCUT2D eigenvalue weighted by atomic mass is 10.1. The van der Waals surface area contributed by atoms with Crippen molar-refractivity contribution in [2.45, 2.75) is 13.0 Å². The third kappa shape index (κ3) is 2.97. The Morgan fingerprint density at radius 3 is 2.95 bits per heavy atom. The van der Waals surface area contributed by atoms with Gasteiger partial charge in [0.05, 0.1) is 5.56 Å². The zero-order chi connectivity index (χ0) is 15.4. The van der Waals surface area contributed by atoms with E-state index in [4.69, 9.17) is 5.26 Å². The summed E-state index contributed by atoms with van der Waals surface area (Å²) in [6, 6.07) is 10.7. The van der Waals surface area contributed by atoms with Crippen LogP contribution < -0.4 is 5.32 Å². The van der Waals surface area contributed by atoms with E-state index in [1.807, 2.05) is 18.3 Å². The van der Waals surface area contributed by atoms with Crippen molar-refractivity contribution in [3.05, 3.63) is 65.2 Å². The number of benzene rings is 1. The van der Waals surface area contributed by atoms with E-state index in [0.29, 0.717) is 17.7 Å². The fraction of sp³-hybridized carbons (Fsp3) is 0.176. The molecule has 0 aliphatic heterocycles. The summed E-state index contributed by atoms with van der Waals surface area (Å²) in [4.78, 5) is 7.31. The van der Waals surface area contributed by atoms with Crippen LogP contribution in [-0.2, 0) is 13.0 Å². The molecule has 22 heavy (non-hydrogen) atoms. The second kappa shape index (κ2) is 6.37. The minimum Gasteiger partial charge on any atom is -0.346 e. The van der Waals surface area contributed by atoms with Crippen molar-refractivity contribution in [2.75, 3.05) is 6.54 Å². The molecule has 3 rings (SSSR count). The number of nitrogens with zero attached hydrogens (tertiary/aromatic N) is 2. The summed E-state index contributed by atoms with van der Waals surface area (Å²) in [6.45, 7) is 1.22. The number of hydrogen-bond donors (Lipinski definition) is 2. The molecule has 0 fully saturated rings. The Morgan fingerprint density at radius 1 is 1.27 bits per heavy atom. The molecule has 2 N–H and O–H groups in total. The Kier molecular flexibility index (Phi) is 4.12. The molecule has 0 spiro atoms. The molecule has 1 aromatic carbocycles. The molecule has 2 aromatic heterocycles.